The third kappa shape index (κ3) is 5.34. The zero-order chi connectivity index (χ0) is 19.3. The number of pyridine rings is 1. The number of anilines is 2. The maximum absolute atomic E-state index is 11.0. The van der Waals surface area contributed by atoms with Crippen molar-refractivity contribution in [2.75, 3.05) is 24.3 Å². The minimum Gasteiger partial charge on any atom is -0.481 e. The SMILES string of the molecule is COC1CCC(N(CC(C)C)c2ncc(C(C)CC(=O)O)cc2N)CC1. The fourth-order valence-corrected chi connectivity index (χ4v) is 3.78. The largest absolute Gasteiger partial charge is 0.481 e. The number of aromatic nitrogens is 1. The van der Waals surface area contributed by atoms with Gasteiger partial charge in [0, 0.05) is 25.9 Å². The van der Waals surface area contributed by atoms with Gasteiger partial charge in [-0.2, -0.15) is 0 Å². The molecule has 1 aliphatic carbocycles. The molecule has 1 aliphatic rings. The van der Waals surface area contributed by atoms with E-state index in [1.165, 1.54) is 0 Å². The molecule has 6 nitrogen and oxygen atoms in total. The molecule has 1 fully saturated rings. The summed E-state index contributed by atoms with van der Waals surface area (Å²) >= 11 is 0. The molecule has 0 bridgehead atoms. The lowest BCUT2D eigenvalue weighted by Gasteiger charge is -2.39. The molecule has 0 aliphatic heterocycles. The van der Waals surface area contributed by atoms with Crippen LogP contribution in [0.3, 0.4) is 0 Å². The molecular formula is C20H33N3O3. The number of carboxylic acids is 1. The summed E-state index contributed by atoms with van der Waals surface area (Å²) < 4.78 is 5.50. The van der Waals surface area contributed by atoms with E-state index in [-0.39, 0.29) is 12.3 Å². The molecule has 0 aromatic carbocycles. The molecule has 3 N–H and O–H groups in total. The Morgan fingerprint density at radius 3 is 2.50 bits per heavy atom. The molecule has 1 atom stereocenters. The maximum atomic E-state index is 11.0. The highest BCUT2D eigenvalue weighted by molar-refractivity contribution is 5.69. The standard InChI is InChI=1S/C20H33N3O3/c1-13(2)12-23(16-5-7-17(26-4)8-6-16)20-18(21)10-15(11-22-20)14(3)9-19(24)25/h10-11,13-14,16-17H,5-9,12,21H2,1-4H3,(H,24,25). The summed E-state index contributed by atoms with van der Waals surface area (Å²) in [6, 6.07) is 2.31. The molecule has 1 unspecified atom stereocenters. The first-order valence-electron chi connectivity index (χ1n) is 9.58. The summed E-state index contributed by atoms with van der Waals surface area (Å²) in [5.41, 5.74) is 7.86. The minimum atomic E-state index is -0.809. The van der Waals surface area contributed by atoms with Gasteiger partial charge in [-0.3, -0.25) is 4.79 Å². The van der Waals surface area contributed by atoms with Crippen molar-refractivity contribution < 1.29 is 14.6 Å². The van der Waals surface area contributed by atoms with Crippen molar-refractivity contribution in [1.29, 1.82) is 0 Å². The Morgan fingerprint density at radius 2 is 2.00 bits per heavy atom. The lowest BCUT2D eigenvalue weighted by molar-refractivity contribution is -0.137. The molecule has 1 saturated carbocycles. The second kappa shape index (κ2) is 9.21. The maximum Gasteiger partial charge on any atom is 0.303 e. The normalized spacial score (nSPS) is 21.6. The number of nitrogen functional groups attached to an aromatic ring is 1. The summed E-state index contributed by atoms with van der Waals surface area (Å²) in [5, 5.41) is 9.00. The summed E-state index contributed by atoms with van der Waals surface area (Å²) in [4.78, 5) is 17.9. The molecule has 2 rings (SSSR count). The fourth-order valence-electron chi connectivity index (χ4n) is 3.78. The highest BCUT2D eigenvalue weighted by atomic mass is 16.5. The third-order valence-electron chi connectivity index (χ3n) is 5.22. The average Bonchev–Trinajstić information content (AvgIpc) is 2.59. The van der Waals surface area contributed by atoms with E-state index in [2.05, 4.69) is 23.7 Å². The van der Waals surface area contributed by atoms with E-state index in [1.54, 1.807) is 13.3 Å². The van der Waals surface area contributed by atoms with Gasteiger partial charge in [0.2, 0.25) is 0 Å². The van der Waals surface area contributed by atoms with E-state index in [0.717, 1.165) is 43.6 Å². The Labute approximate surface area is 156 Å². The minimum absolute atomic E-state index is 0.0806. The van der Waals surface area contributed by atoms with Crippen LogP contribution < -0.4 is 10.6 Å². The first-order chi connectivity index (χ1) is 12.3. The Bertz CT molecular complexity index is 598. The number of hydrogen-bond acceptors (Lipinski definition) is 5. The molecule has 0 spiro atoms. The number of rotatable bonds is 8. The predicted octanol–water partition coefficient (Wildman–Crippen LogP) is 3.66. The van der Waals surface area contributed by atoms with Crippen LogP contribution in [0, 0.1) is 5.92 Å². The van der Waals surface area contributed by atoms with Crippen LogP contribution in [0.2, 0.25) is 0 Å². The van der Waals surface area contributed by atoms with E-state index < -0.39 is 5.97 Å². The van der Waals surface area contributed by atoms with Gasteiger partial charge in [-0.15, -0.1) is 0 Å². The zero-order valence-corrected chi connectivity index (χ0v) is 16.4. The number of methoxy groups -OCH3 is 1. The molecule has 0 saturated heterocycles. The van der Waals surface area contributed by atoms with Crippen molar-refractivity contribution in [3.8, 4) is 0 Å². The monoisotopic (exact) mass is 363 g/mol. The van der Waals surface area contributed by atoms with Crippen molar-refractivity contribution in [2.45, 2.75) is 70.9 Å². The number of nitrogens with zero attached hydrogens (tertiary/aromatic N) is 2. The Kier molecular flexibility index (Phi) is 7.26. The van der Waals surface area contributed by atoms with E-state index in [1.807, 2.05) is 13.0 Å². The van der Waals surface area contributed by atoms with Gasteiger partial charge >= 0.3 is 5.97 Å². The Hall–Kier alpha value is -1.82. The number of carboxylic acid groups (broad SMARTS) is 1. The van der Waals surface area contributed by atoms with Crippen molar-refractivity contribution in [3.63, 3.8) is 0 Å². The van der Waals surface area contributed by atoms with Crippen LogP contribution >= 0.6 is 0 Å². The van der Waals surface area contributed by atoms with Crippen molar-refractivity contribution >= 4 is 17.5 Å². The first-order valence-corrected chi connectivity index (χ1v) is 9.58. The average molecular weight is 364 g/mol. The van der Waals surface area contributed by atoms with Crippen LogP contribution in [-0.2, 0) is 9.53 Å². The number of carbonyl (C=O) groups is 1. The molecule has 1 aromatic rings. The smallest absolute Gasteiger partial charge is 0.303 e. The van der Waals surface area contributed by atoms with Gasteiger partial charge in [-0.25, -0.2) is 4.98 Å². The second-order valence-electron chi connectivity index (χ2n) is 7.89. The summed E-state index contributed by atoms with van der Waals surface area (Å²) in [6.45, 7) is 7.20. The number of nitrogens with two attached hydrogens (primary N) is 1. The van der Waals surface area contributed by atoms with Crippen LogP contribution in [0.25, 0.3) is 0 Å². The Morgan fingerprint density at radius 1 is 1.35 bits per heavy atom. The molecule has 6 heteroatoms. The molecule has 1 heterocycles. The van der Waals surface area contributed by atoms with Gasteiger partial charge in [0.15, 0.2) is 5.82 Å². The number of hydrogen-bond donors (Lipinski definition) is 2. The van der Waals surface area contributed by atoms with Gasteiger partial charge in [-0.05, 0) is 49.1 Å². The summed E-state index contributed by atoms with van der Waals surface area (Å²) in [7, 11) is 1.79. The molecular weight excluding hydrogens is 330 g/mol. The highest BCUT2D eigenvalue weighted by Crippen LogP contribution is 2.33. The Balaban J connectivity index is 2.21. The molecule has 26 heavy (non-hydrogen) atoms. The van der Waals surface area contributed by atoms with Crippen molar-refractivity contribution in [2.24, 2.45) is 5.92 Å². The van der Waals surface area contributed by atoms with E-state index in [4.69, 9.17) is 15.6 Å². The van der Waals surface area contributed by atoms with Gasteiger partial charge in [0.25, 0.3) is 0 Å². The number of ether oxygens (including phenoxy) is 1. The third-order valence-corrected chi connectivity index (χ3v) is 5.22. The van der Waals surface area contributed by atoms with Crippen LogP contribution in [0.4, 0.5) is 11.5 Å². The van der Waals surface area contributed by atoms with E-state index in [0.29, 0.717) is 23.8 Å². The van der Waals surface area contributed by atoms with Gasteiger partial charge < -0.3 is 20.5 Å². The lowest BCUT2D eigenvalue weighted by Crippen LogP contribution is -2.42. The van der Waals surface area contributed by atoms with Gasteiger partial charge in [0.05, 0.1) is 18.2 Å². The highest BCUT2D eigenvalue weighted by Gasteiger charge is 2.28. The summed E-state index contributed by atoms with van der Waals surface area (Å²) in [5.74, 6) is 0.413. The number of aliphatic carboxylic acids is 1. The van der Waals surface area contributed by atoms with Crippen molar-refractivity contribution in [3.05, 3.63) is 17.8 Å². The van der Waals surface area contributed by atoms with E-state index in [9.17, 15) is 4.79 Å². The van der Waals surface area contributed by atoms with Gasteiger partial charge in [0.1, 0.15) is 0 Å². The molecule has 146 valence electrons. The van der Waals surface area contributed by atoms with Gasteiger partial charge in [-0.1, -0.05) is 20.8 Å². The molecule has 1 aromatic heterocycles. The first kappa shape index (κ1) is 20.5. The van der Waals surface area contributed by atoms with Crippen molar-refractivity contribution in [1.82, 2.24) is 4.98 Å². The lowest BCUT2D eigenvalue weighted by atomic mass is 9.91. The topological polar surface area (TPSA) is 88.7 Å². The van der Waals surface area contributed by atoms with Crippen LogP contribution in [-0.4, -0.2) is 41.9 Å². The molecule has 0 radical (unpaired) electrons. The zero-order valence-electron chi connectivity index (χ0n) is 16.4. The van der Waals surface area contributed by atoms with E-state index >= 15 is 0 Å². The van der Waals surface area contributed by atoms with Crippen LogP contribution in [0.1, 0.15) is 64.4 Å². The van der Waals surface area contributed by atoms with Crippen LogP contribution in [0.15, 0.2) is 12.3 Å². The fraction of sp³-hybridized carbons (Fsp3) is 0.700. The summed E-state index contributed by atoms with van der Waals surface area (Å²) in [6.07, 6.45) is 6.49. The predicted molar refractivity (Wildman–Crippen MR) is 105 cm³/mol. The second-order valence-corrected chi connectivity index (χ2v) is 7.89. The van der Waals surface area contributed by atoms with Crippen LogP contribution in [0.5, 0.6) is 0 Å². The quantitative estimate of drug-likeness (QED) is 0.733. The molecule has 0 amide bonds.